The fourth-order valence-electron chi connectivity index (χ4n) is 3.09. The maximum atomic E-state index is 11.8. The molecule has 1 fully saturated rings. The van der Waals surface area contributed by atoms with Crippen molar-refractivity contribution in [2.75, 3.05) is 27.2 Å². The van der Waals surface area contributed by atoms with E-state index in [-0.39, 0.29) is 11.1 Å². The third-order valence-electron chi connectivity index (χ3n) is 4.57. The highest BCUT2D eigenvalue weighted by Gasteiger charge is 2.57. The van der Waals surface area contributed by atoms with E-state index in [1.54, 1.807) is 0 Å². The Kier molecular flexibility index (Phi) is 8.37. The lowest BCUT2D eigenvalue weighted by Crippen LogP contribution is -2.71. The summed E-state index contributed by atoms with van der Waals surface area (Å²) in [6.45, 7) is 7.09. The fraction of sp³-hybridized carbons (Fsp3) is 0.778. The molecule has 0 radical (unpaired) electrons. The summed E-state index contributed by atoms with van der Waals surface area (Å²) in [7, 11) is 3.69. The Balaban J connectivity index is 3.42. The van der Waals surface area contributed by atoms with Crippen LogP contribution < -0.4 is 0 Å². The summed E-state index contributed by atoms with van der Waals surface area (Å²) in [4.78, 5) is 46.4. The van der Waals surface area contributed by atoms with E-state index in [9.17, 15) is 19.2 Å². The van der Waals surface area contributed by atoms with Crippen LogP contribution in [-0.4, -0.2) is 86.3 Å². The average molecular weight is 404 g/mol. The van der Waals surface area contributed by atoms with Crippen LogP contribution in [0.1, 0.15) is 34.6 Å². The van der Waals surface area contributed by atoms with Crippen LogP contribution in [0.2, 0.25) is 0 Å². The molecule has 1 aliphatic rings. The van der Waals surface area contributed by atoms with E-state index in [0.717, 1.165) is 0 Å². The van der Waals surface area contributed by atoms with Crippen LogP contribution in [0.5, 0.6) is 0 Å². The molecule has 0 aromatic rings. The summed E-state index contributed by atoms with van der Waals surface area (Å²) < 4.78 is 27.4. The first kappa shape index (κ1) is 23.8. The molecule has 28 heavy (non-hydrogen) atoms. The molecule has 0 saturated carbocycles. The molecule has 1 saturated heterocycles. The van der Waals surface area contributed by atoms with Gasteiger partial charge in [0.1, 0.15) is 12.7 Å². The fourth-order valence-corrected chi connectivity index (χ4v) is 3.09. The summed E-state index contributed by atoms with van der Waals surface area (Å²) in [6.07, 6.45) is -4.14. The lowest BCUT2D eigenvalue weighted by Gasteiger charge is -2.49. The predicted molar refractivity (Wildman–Crippen MR) is 94.6 cm³/mol. The first-order valence-corrected chi connectivity index (χ1v) is 9.02. The molecule has 5 atom stereocenters. The largest absolute Gasteiger partial charge is 0.463 e. The van der Waals surface area contributed by atoms with E-state index < -0.39 is 54.5 Å². The number of carbonyl (C=O) groups excluding carboxylic acids is 4. The summed E-state index contributed by atoms with van der Waals surface area (Å²) in [6, 6.07) is -0.685. The molecule has 1 rings (SSSR count). The minimum Gasteiger partial charge on any atom is -0.463 e. The Morgan fingerprint density at radius 1 is 0.821 bits per heavy atom. The minimum atomic E-state index is -1.11. The van der Waals surface area contributed by atoms with Gasteiger partial charge in [-0.1, -0.05) is 0 Å². The molecule has 1 heterocycles. The second-order valence-electron chi connectivity index (χ2n) is 7.19. The minimum absolute atomic E-state index is 0.244. The molecule has 10 heteroatoms. The molecule has 0 N–H and O–H groups in total. The van der Waals surface area contributed by atoms with Gasteiger partial charge in [0.2, 0.25) is 0 Å². The van der Waals surface area contributed by atoms with Crippen molar-refractivity contribution in [3.8, 4) is 0 Å². The van der Waals surface area contributed by atoms with Crippen LogP contribution in [0.4, 0.5) is 0 Å². The van der Waals surface area contributed by atoms with Gasteiger partial charge >= 0.3 is 23.9 Å². The molecule has 160 valence electrons. The van der Waals surface area contributed by atoms with Gasteiger partial charge in [0.05, 0.1) is 20.6 Å². The molecule has 0 aliphatic carbocycles. The van der Waals surface area contributed by atoms with E-state index in [4.69, 9.17) is 23.7 Å². The molecule has 0 aromatic carbocycles. The van der Waals surface area contributed by atoms with Crippen LogP contribution in [0, 0.1) is 0 Å². The van der Waals surface area contributed by atoms with Crippen molar-refractivity contribution in [2.24, 2.45) is 0 Å². The third kappa shape index (κ3) is 6.45. The normalized spacial score (nSPS) is 27.5. The van der Waals surface area contributed by atoms with E-state index >= 15 is 0 Å². The van der Waals surface area contributed by atoms with Crippen molar-refractivity contribution in [3.05, 3.63) is 0 Å². The number of rotatable bonds is 7. The Hall–Kier alpha value is -2.20. The van der Waals surface area contributed by atoms with Gasteiger partial charge in [0, 0.05) is 27.7 Å². The lowest BCUT2D eigenvalue weighted by molar-refractivity contribution is -0.925. The molecule has 0 amide bonds. The van der Waals surface area contributed by atoms with Gasteiger partial charge in [0.25, 0.3) is 6.29 Å². The highest BCUT2D eigenvalue weighted by atomic mass is 16.7. The number of nitrogens with zero attached hydrogens (tertiary/aromatic N) is 1. The number of hydrogen-bond acceptors (Lipinski definition) is 9. The second-order valence-corrected chi connectivity index (χ2v) is 7.19. The zero-order chi connectivity index (χ0) is 21.6. The summed E-state index contributed by atoms with van der Waals surface area (Å²) in [5.41, 5.74) is 0. The number of quaternary nitrogens is 1. The Morgan fingerprint density at radius 2 is 1.32 bits per heavy atom. The van der Waals surface area contributed by atoms with Gasteiger partial charge in [-0.2, -0.15) is 0 Å². The number of ether oxygens (including phenoxy) is 5. The van der Waals surface area contributed by atoms with Crippen molar-refractivity contribution in [2.45, 2.75) is 65.3 Å². The Labute approximate surface area is 164 Å². The smallest absolute Gasteiger partial charge is 0.305 e. The molecule has 1 aliphatic heterocycles. The van der Waals surface area contributed by atoms with Gasteiger partial charge in [-0.15, -0.1) is 0 Å². The summed E-state index contributed by atoms with van der Waals surface area (Å²) in [5.74, 6) is -2.38. The zero-order valence-electron chi connectivity index (χ0n) is 17.4. The maximum Gasteiger partial charge on any atom is 0.305 e. The standard InChI is InChI=1S/C18H30NO9/c1-8-19(6,7)15-17(26-12(4)22)16(25-11(3)21)14(9-24-10(2)20)28-18(15)27-13(5)23/h14-18H,8-9H2,1-7H3/q+1/t14-,15-,16-,17-,18?/m1/s1. The van der Waals surface area contributed by atoms with Crippen molar-refractivity contribution in [1.29, 1.82) is 0 Å². The SMILES string of the molecule is CC[N+](C)(C)[C@H]1C(OC(C)=O)O[C@H](COC(C)=O)[C@@H](OC(C)=O)[C@@H]1OC(C)=O. The quantitative estimate of drug-likeness (QED) is 0.333. The van der Waals surface area contributed by atoms with Gasteiger partial charge < -0.3 is 28.2 Å². The van der Waals surface area contributed by atoms with Crippen molar-refractivity contribution < 1.29 is 47.3 Å². The number of hydrogen-bond donors (Lipinski definition) is 0. The van der Waals surface area contributed by atoms with Crippen LogP contribution in [0.25, 0.3) is 0 Å². The predicted octanol–water partition coefficient (Wildman–Crippen LogP) is 0.166. The van der Waals surface area contributed by atoms with Gasteiger partial charge in [-0.3, -0.25) is 19.2 Å². The number of likely N-dealkylation sites (N-methyl/N-ethyl adjacent to an activating group) is 1. The molecule has 1 unspecified atom stereocenters. The summed E-state index contributed by atoms with van der Waals surface area (Å²) >= 11 is 0. The van der Waals surface area contributed by atoms with E-state index in [0.29, 0.717) is 6.54 Å². The Morgan fingerprint density at radius 3 is 1.75 bits per heavy atom. The second kappa shape index (κ2) is 9.83. The van der Waals surface area contributed by atoms with E-state index in [1.165, 1.54) is 27.7 Å². The van der Waals surface area contributed by atoms with Gasteiger partial charge in [-0.05, 0) is 6.92 Å². The van der Waals surface area contributed by atoms with E-state index in [2.05, 4.69) is 0 Å². The van der Waals surface area contributed by atoms with Crippen LogP contribution >= 0.6 is 0 Å². The summed E-state index contributed by atoms with van der Waals surface area (Å²) in [5, 5.41) is 0. The number of carbonyl (C=O) groups is 4. The van der Waals surface area contributed by atoms with Crippen molar-refractivity contribution >= 4 is 23.9 Å². The topological polar surface area (TPSA) is 114 Å². The van der Waals surface area contributed by atoms with Crippen molar-refractivity contribution in [1.82, 2.24) is 0 Å². The van der Waals surface area contributed by atoms with Gasteiger partial charge in [0.15, 0.2) is 18.2 Å². The molecule has 0 aromatic heterocycles. The molecule has 0 bridgehead atoms. The highest BCUT2D eigenvalue weighted by Crippen LogP contribution is 2.33. The van der Waals surface area contributed by atoms with E-state index in [1.807, 2.05) is 21.0 Å². The molecule has 10 nitrogen and oxygen atoms in total. The average Bonchev–Trinajstić information content (AvgIpc) is 2.53. The van der Waals surface area contributed by atoms with Gasteiger partial charge in [-0.25, -0.2) is 0 Å². The van der Waals surface area contributed by atoms with Crippen LogP contribution in [0.3, 0.4) is 0 Å². The first-order chi connectivity index (χ1) is 12.9. The highest BCUT2D eigenvalue weighted by molar-refractivity contribution is 5.68. The third-order valence-corrected chi connectivity index (χ3v) is 4.57. The molecular weight excluding hydrogens is 374 g/mol. The van der Waals surface area contributed by atoms with Crippen LogP contribution in [-0.2, 0) is 42.9 Å². The molecular formula is C18H30NO9+. The maximum absolute atomic E-state index is 11.8. The number of esters is 4. The van der Waals surface area contributed by atoms with Crippen molar-refractivity contribution in [3.63, 3.8) is 0 Å². The monoisotopic (exact) mass is 404 g/mol. The zero-order valence-corrected chi connectivity index (χ0v) is 17.4. The van der Waals surface area contributed by atoms with Crippen LogP contribution in [0.15, 0.2) is 0 Å². The first-order valence-electron chi connectivity index (χ1n) is 9.02. The molecule has 0 spiro atoms. The lowest BCUT2D eigenvalue weighted by atomic mass is 9.93. The Bertz CT molecular complexity index is 604.